The number of carboxylic acids is 2. The van der Waals surface area contributed by atoms with E-state index in [1.54, 1.807) is 13.0 Å². The van der Waals surface area contributed by atoms with Crippen molar-refractivity contribution in [3.05, 3.63) is 58.7 Å². The molecule has 0 radical (unpaired) electrons. The Morgan fingerprint density at radius 3 is 1.73 bits per heavy atom. The topological polar surface area (TPSA) is 142 Å². The molecule has 40 heavy (non-hydrogen) atoms. The summed E-state index contributed by atoms with van der Waals surface area (Å²) in [4.78, 5) is 49.0. The molecule has 0 unspecified atom stereocenters. The third-order valence-electron chi connectivity index (χ3n) is 6.59. The molecule has 2 aromatic carbocycles. The highest BCUT2D eigenvalue weighted by atomic mass is 28.4. The molecule has 4 N–H and O–H groups in total. The van der Waals surface area contributed by atoms with E-state index in [-0.39, 0.29) is 22.3 Å². The molecule has 0 saturated carbocycles. The van der Waals surface area contributed by atoms with Gasteiger partial charge in [0.05, 0.1) is 22.3 Å². The van der Waals surface area contributed by atoms with Gasteiger partial charge in [-0.15, -0.1) is 38.3 Å². The van der Waals surface area contributed by atoms with Gasteiger partial charge in [-0.3, -0.25) is 9.59 Å². The van der Waals surface area contributed by atoms with Gasteiger partial charge in [-0.2, -0.15) is 0 Å². The standard InChI is InChI=1S/C29H42N2O7Si2/c1-7-9-16-39(3,4)38-40(5,6)17-10-15-31-26(32)22-13-11-21(19-25(22)29(36)37)20-12-14-23(28(34)35)24(18-20)27(33)30-8-2/h11-14,18-19H,7-10,15-17H2,1-6H3,(H,30,33)(H,31,32)(H,34,35)(H,36,37)/q-2. The van der Waals surface area contributed by atoms with Crippen LogP contribution in [0, 0.1) is 0 Å². The first-order valence-electron chi connectivity index (χ1n) is 13.7. The quantitative estimate of drug-likeness (QED) is 0.152. The molecule has 0 fully saturated rings. The molecule has 9 nitrogen and oxygen atoms in total. The minimum atomic E-state index is -1.89. The van der Waals surface area contributed by atoms with Crippen molar-refractivity contribution in [3.63, 3.8) is 0 Å². The number of nitrogens with one attached hydrogen (secondary N) is 2. The minimum Gasteiger partial charge on any atom is -0.767 e. The zero-order valence-electron chi connectivity index (χ0n) is 24.3. The SMILES string of the molecule is CCCC[Si-](C)(C)O[Si-](C)(C)CCCNC(=O)c1ccc(-c2ccc(C(=O)O)c(C(=O)NCC)c2)cc1C(=O)O. The van der Waals surface area contributed by atoms with E-state index in [1.165, 1.54) is 36.8 Å². The van der Waals surface area contributed by atoms with Crippen molar-refractivity contribution < 1.29 is 33.5 Å². The Labute approximate surface area is 238 Å². The van der Waals surface area contributed by atoms with Crippen LogP contribution in [0.3, 0.4) is 0 Å². The van der Waals surface area contributed by atoms with Gasteiger partial charge in [-0.05, 0) is 42.3 Å². The summed E-state index contributed by atoms with van der Waals surface area (Å²) in [6, 6.07) is 10.7. The summed E-state index contributed by atoms with van der Waals surface area (Å²) in [5.41, 5.74) is 0.557. The van der Waals surface area contributed by atoms with E-state index < -0.39 is 40.4 Å². The monoisotopic (exact) mass is 586 g/mol. The number of amides is 2. The van der Waals surface area contributed by atoms with Crippen molar-refractivity contribution in [1.29, 1.82) is 0 Å². The molecule has 0 atom stereocenters. The molecule has 0 aliphatic carbocycles. The molecule has 0 heterocycles. The predicted octanol–water partition coefficient (Wildman–Crippen LogP) is 5.85. The van der Waals surface area contributed by atoms with Crippen LogP contribution in [-0.2, 0) is 4.12 Å². The number of carbonyl (C=O) groups excluding carboxylic acids is 2. The summed E-state index contributed by atoms with van der Waals surface area (Å²) in [7, 11) is -3.61. The van der Waals surface area contributed by atoms with Crippen molar-refractivity contribution in [1.82, 2.24) is 10.6 Å². The molecule has 0 bridgehead atoms. The lowest BCUT2D eigenvalue weighted by Crippen LogP contribution is -2.44. The van der Waals surface area contributed by atoms with Crippen LogP contribution in [0.15, 0.2) is 36.4 Å². The molecular weight excluding hydrogens is 544 g/mol. The Morgan fingerprint density at radius 1 is 0.700 bits per heavy atom. The first kappa shape index (κ1) is 32.9. The lowest BCUT2D eigenvalue weighted by Gasteiger charge is -2.54. The molecule has 0 saturated heterocycles. The first-order valence-corrected chi connectivity index (χ1v) is 20.0. The van der Waals surface area contributed by atoms with Crippen LogP contribution in [0.1, 0.15) is 74.5 Å². The highest BCUT2D eigenvalue weighted by Gasteiger charge is 2.21. The summed E-state index contributed by atoms with van der Waals surface area (Å²) >= 11 is 0. The Hall–Kier alpha value is -3.29. The molecule has 0 spiro atoms. The highest BCUT2D eigenvalue weighted by Crippen LogP contribution is 2.27. The number of hydrogen-bond acceptors (Lipinski definition) is 5. The maximum absolute atomic E-state index is 12.9. The second-order valence-corrected chi connectivity index (χ2v) is 19.9. The summed E-state index contributed by atoms with van der Waals surface area (Å²) in [6.45, 7) is 13.6. The van der Waals surface area contributed by atoms with Crippen LogP contribution in [0.5, 0.6) is 0 Å². The number of aromatic carboxylic acids is 2. The third kappa shape index (κ3) is 9.42. The molecule has 2 aromatic rings. The average molecular weight is 587 g/mol. The summed E-state index contributed by atoms with van der Waals surface area (Å²) in [5.74, 6) is -3.53. The molecule has 0 aliphatic heterocycles. The largest absolute Gasteiger partial charge is 0.767 e. The highest BCUT2D eigenvalue weighted by molar-refractivity contribution is 6.84. The van der Waals surface area contributed by atoms with E-state index in [0.717, 1.165) is 24.9 Å². The van der Waals surface area contributed by atoms with E-state index in [2.05, 4.69) is 43.7 Å². The van der Waals surface area contributed by atoms with Crippen LogP contribution in [0.2, 0.25) is 38.3 Å². The molecule has 2 amide bonds. The maximum atomic E-state index is 12.9. The van der Waals surface area contributed by atoms with E-state index in [1.807, 2.05) is 0 Å². The smallest absolute Gasteiger partial charge is 0.336 e. The summed E-state index contributed by atoms with van der Waals surface area (Å²) < 4.78 is 6.61. The maximum Gasteiger partial charge on any atom is 0.336 e. The predicted molar refractivity (Wildman–Crippen MR) is 161 cm³/mol. The Morgan fingerprint density at radius 2 is 1.20 bits per heavy atom. The van der Waals surface area contributed by atoms with Crippen LogP contribution in [-0.4, -0.2) is 63.7 Å². The van der Waals surface area contributed by atoms with Crippen molar-refractivity contribution >= 4 is 40.4 Å². The number of carboxylic acid groups (broad SMARTS) is 2. The number of hydrogen-bond donors (Lipinski definition) is 4. The molecular formula is C29H42N2O7Si2-2. The first-order chi connectivity index (χ1) is 18.7. The van der Waals surface area contributed by atoms with Crippen molar-refractivity contribution in [3.8, 4) is 11.1 Å². The lowest BCUT2D eigenvalue weighted by molar-refractivity contribution is 0.0682. The van der Waals surface area contributed by atoms with Crippen molar-refractivity contribution in [2.24, 2.45) is 0 Å². The van der Waals surface area contributed by atoms with Gasteiger partial charge < -0.3 is 25.0 Å². The normalized spacial score (nSPS) is 11.7. The van der Waals surface area contributed by atoms with Crippen LogP contribution in [0.4, 0.5) is 0 Å². The van der Waals surface area contributed by atoms with Gasteiger partial charge in [0.15, 0.2) is 0 Å². The van der Waals surface area contributed by atoms with Gasteiger partial charge in [-0.25, -0.2) is 9.59 Å². The van der Waals surface area contributed by atoms with Gasteiger partial charge in [0.1, 0.15) is 0 Å². The zero-order valence-corrected chi connectivity index (χ0v) is 26.3. The second kappa shape index (κ2) is 14.4. The number of benzene rings is 2. The second-order valence-electron chi connectivity index (χ2n) is 11.1. The van der Waals surface area contributed by atoms with Crippen LogP contribution in [0.25, 0.3) is 11.1 Å². The molecule has 0 aromatic heterocycles. The third-order valence-corrected chi connectivity index (χ3v) is 14.1. The fraction of sp³-hybridized carbons (Fsp3) is 0.448. The fourth-order valence-electron chi connectivity index (χ4n) is 4.72. The van der Waals surface area contributed by atoms with E-state index >= 15 is 0 Å². The van der Waals surface area contributed by atoms with Gasteiger partial charge in [0.2, 0.25) is 0 Å². The zero-order chi connectivity index (χ0) is 30.1. The minimum absolute atomic E-state index is 0.0302. The molecule has 2 rings (SSSR count). The summed E-state index contributed by atoms with van der Waals surface area (Å²) in [5, 5.41) is 24.7. The van der Waals surface area contributed by atoms with E-state index in [0.29, 0.717) is 24.2 Å². The number of rotatable bonds is 15. The van der Waals surface area contributed by atoms with Crippen molar-refractivity contribution in [2.45, 2.75) is 71.4 Å². The van der Waals surface area contributed by atoms with Crippen LogP contribution < -0.4 is 10.6 Å². The van der Waals surface area contributed by atoms with Crippen molar-refractivity contribution in [2.75, 3.05) is 13.1 Å². The molecule has 220 valence electrons. The number of unbranched alkanes of at least 4 members (excludes halogenated alkanes) is 1. The fourth-order valence-corrected chi connectivity index (χ4v) is 13.7. The Kier molecular flexibility index (Phi) is 11.8. The van der Waals surface area contributed by atoms with Gasteiger partial charge in [-0.1, -0.05) is 55.0 Å². The molecule has 0 aliphatic rings. The lowest BCUT2D eigenvalue weighted by atomic mass is 9.95. The number of carbonyl (C=O) groups is 4. The summed E-state index contributed by atoms with van der Waals surface area (Å²) in [6.07, 6.45) is 3.07. The van der Waals surface area contributed by atoms with E-state index in [4.69, 9.17) is 4.12 Å². The molecule has 11 heteroatoms. The van der Waals surface area contributed by atoms with Gasteiger partial charge in [0.25, 0.3) is 11.8 Å². The average Bonchev–Trinajstić information content (AvgIpc) is 2.88. The Bertz CT molecular complexity index is 1240. The van der Waals surface area contributed by atoms with E-state index in [9.17, 15) is 29.4 Å². The van der Waals surface area contributed by atoms with Gasteiger partial charge in [0, 0.05) is 13.1 Å². The van der Waals surface area contributed by atoms with Gasteiger partial charge >= 0.3 is 11.9 Å². The Balaban J connectivity index is 2.16. The van der Waals surface area contributed by atoms with Crippen LogP contribution >= 0.6 is 0 Å².